The quantitative estimate of drug-likeness (QED) is 0.473. The van der Waals surface area contributed by atoms with Crippen LogP contribution in [0.25, 0.3) is 0 Å². The summed E-state index contributed by atoms with van der Waals surface area (Å²) in [5.41, 5.74) is 0. The first-order valence-corrected chi connectivity index (χ1v) is 8.59. The van der Waals surface area contributed by atoms with Crippen molar-refractivity contribution in [1.29, 1.82) is 0 Å². The minimum absolute atomic E-state index is 0. The van der Waals surface area contributed by atoms with Crippen molar-refractivity contribution in [3.63, 3.8) is 0 Å². The summed E-state index contributed by atoms with van der Waals surface area (Å²) in [6, 6.07) is 0. The van der Waals surface area contributed by atoms with Crippen LogP contribution in [0.3, 0.4) is 0 Å². The molecule has 0 atom stereocenters. The van der Waals surface area contributed by atoms with E-state index in [1.165, 1.54) is 25.7 Å². The van der Waals surface area contributed by atoms with Crippen molar-refractivity contribution in [2.75, 3.05) is 54.6 Å². The molecule has 0 saturated carbocycles. The van der Waals surface area contributed by atoms with E-state index in [9.17, 15) is 0 Å². The standard InChI is InChI=1S/2C4H8O.2C2H6N.2ClH.Zr/c2*1-2-4-5-3-1;2*1-3-2;;;/h2*1-4H2;2*1-2H3;2*1H;/q;;2*-1;;;+4/p-2. The average molecular weight is 394 g/mol. The first kappa shape index (κ1) is 25.3. The van der Waals surface area contributed by atoms with Gasteiger partial charge in [0.05, 0.1) is 0 Å². The number of hydrogen-bond acceptors (Lipinski definition) is 4. The molecule has 0 spiro atoms. The summed E-state index contributed by atoms with van der Waals surface area (Å²) in [6.07, 6.45) is 5.11. The molecule has 7 heteroatoms. The minimum atomic E-state index is -0.294. The second-order valence-electron chi connectivity index (χ2n) is 4.53. The molecular formula is C12H28Cl2N2O2Zr. The fourth-order valence-corrected chi connectivity index (χ4v) is 3.39. The fourth-order valence-electron chi connectivity index (χ4n) is 1.42. The van der Waals surface area contributed by atoms with Crippen molar-refractivity contribution in [2.24, 2.45) is 0 Å². The van der Waals surface area contributed by atoms with Crippen LogP contribution in [-0.2, 0) is 33.3 Å². The molecule has 2 aliphatic heterocycles. The Kier molecular flexibility index (Phi) is 25.7. The van der Waals surface area contributed by atoms with E-state index in [0.717, 1.165) is 26.4 Å². The van der Waals surface area contributed by atoms with Crippen LogP contribution in [0.1, 0.15) is 25.7 Å². The molecular weight excluding hydrogens is 366 g/mol. The van der Waals surface area contributed by atoms with E-state index in [-0.39, 0.29) is 48.6 Å². The molecule has 2 heterocycles. The van der Waals surface area contributed by atoms with Gasteiger partial charge < -0.3 is 34.3 Å². The van der Waals surface area contributed by atoms with Crippen LogP contribution in [0.2, 0.25) is 0 Å². The summed E-state index contributed by atoms with van der Waals surface area (Å²) < 4.78 is 14.5. The Hall–Kier alpha value is 1.30. The number of halogens is 2. The van der Waals surface area contributed by atoms with Gasteiger partial charge in [0.2, 0.25) is 0 Å². The van der Waals surface area contributed by atoms with E-state index < -0.39 is 0 Å². The summed E-state index contributed by atoms with van der Waals surface area (Å²) in [5.74, 6) is 0. The number of nitrogens with zero attached hydrogens (tertiary/aromatic N) is 2. The summed E-state index contributed by atoms with van der Waals surface area (Å²) in [6.45, 7) is 4.00. The van der Waals surface area contributed by atoms with E-state index in [1.807, 2.05) is 0 Å². The van der Waals surface area contributed by atoms with E-state index in [1.54, 1.807) is 0 Å². The molecule has 2 saturated heterocycles. The van der Waals surface area contributed by atoms with Crippen LogP contribution in [0, 0.1) is 0 Å². The van der Waals surface area contributed by atoms with Crippen LogP contribution < -0.4 is 24.8 Å². The van der Waals surface area contributed by atoms with Crippen LogP contribution in [0.5, 0.6) is 0 Å². The molecule has 0 bridgehead atoms. The third kappa shape index (κ3) is 24.7. The van der Waals surface area contributed by atoms with E-state index in [4.69, 9.17) is 9.47 Å². The van der Waals surface area contributed by atoms with Crippen molar-refractivity contribution in [2.45, 2.75) is 25.7 Å². The van der Waals surface area contributed by atoms with Gasteiger partial charge in [0, 0.05) is 26.4 Å². The Morgan fingerprint density at radius 2 is 0.895 bits per heavy atom. The topological polar surface area (TPSA) is 24.9 Å². The Morgan fingerprint density at radius 1 is 0.632 bits per heavy atom. The molecule has 0 aliphatic carbocycles. The smallest absolute Gasteiger partial charge is 1.00 e. The maximum atomic E-state index is 4.94. The summed E-state index contributed by atoms with van der Waals surface area (Å²) >= 11 is -0.294. The van der Waals surface area contributed by atoms with Crippen molar-refractivity contribution < 1.29 is 58.1 Å². The molecule has 19 heavy (non-hydrogen) atoms. The summed E-state index contributed by atoms with van der Waals surface area (Å²) in [7, 11) is 8.52. The molecule has 2 aliphatic rings. The van der Waals surface area contributed by atoms with Crippen LogP contribution in [0.15, 0.2) is 0 Å². The van der Waals surface area contributed by atoms with Gasteiger partial charge in [0.25, 0.3) is 0 Å². The monoisotopic (exact) mass is 392 g/mol. The van der Waals surface area contributed by atoms with E-state index in [2.05, 4.69) is 33.9 Å². The molecule has 0 aromatic carbocycles. The van der Waals surface area contributed by atoms with Gasteiger partial charge in [0.15, 0.2) is 0 Å². The van der Waals surface area contributed by atoms with Crippen LogP contribution >= 0.6 is 0 Å². The first-order valence-electron chi connectivity index (χ1n) is 6.39. The third-order valence-electron chi connectivity index (χ3n) is 2.05. The van der Waals surface area contributed by atoms with Gasteiger partial charge >= 0.3 is 57.7 Å². The van der Waals surface area contributed by atoms with Crippen molar-refractivity contribution in [3.05, 3.63) is 0 Å². The van der Waals surface area contributed by atoms with Gasteiger partial charge in [-0.15, -0.1) is 0 Å². The Labute approximate surface area is 143 Å². The van der Waals surface area contributed by atoms with E-state index >= 15 is 0 Å². The fraction of sp³-hybridized carbons (Fsp3) is 1.00. The first-order chi connectivity index (χ1) is 8.13. The Balaban J connectivity index is -0.000000194. The average Bonchev–Trinajstić information content (AvgIpc) is 2.96. The maximum absolute atomic E-state index is 4.94. The molecule has 2 fully saturated rings. The largest absolute Gasteiger partial charge is 1.00 e. The zero-order valence-electron chi connectivity index (χ0n) is 12.6. The van der Waals surface area contributed by atoms with Crippen molar-refractivity contribution in [3.8, 4) is 0 Å². The summed E-state index contributed by atoms with van der Waals surface area (Å²) in [4.78, 5) is 0. The molecule has 0 aromatic rings. The molecule has 4 nitrogen and oxygen atoms in total. The zero-order chi connectivity index (χ0) is 12.9. The second kappa shape index (κ2) is 19.3. The summed E-state index contributed by atoms with van der Waals surface area (Å²) in [5, 5.41) is 0. The Bertz CT molecular complexity index is 127. The number of hydrogen-bond donors (Lipinski definition) is 0. The molecule has 0 radical (unpaired) electrons. The predicted octanol–water partition coefficient (Wildman–Crippen LogP) is -4.38. The van der Waals surface area contributed by atoms with Gasteiger partial charge in [-0.2, -0.15) is 0 Å². The minimum Gasteiger partial charge on any atom is -1.00 e. The third-order valence-corrected chi connectivity index (χ3v) is 4.02. The van der Waals surface area contributed by atoms with Crippen molar-refractivity contribution in [1.82, 2.24) is 5.69 Å². The number of ether oxygens (including phenoxy) is 2. The second-order valence-corrected chi connectivity index (χ2v) is 9.42. The molecule has 0 N–H and O–H groups in total. The maximum Gasteiger partial charge on any atom is -1.00 e. The van der Waals surface area contributed by atoms with Gasteiger partial charge in [-0.1, -0.05) is 0 Å². The number of rotatable bonds is 2. The normalized spacial score (nSPS) is 16.3. The SMILES string of the molecule is C1CCOC1.C1CCOC1.C[N](C)[Zr+2][N](C)C.[Cl-].[Cl-]. The molecule has 0 unspecified atom stereocenters. The Morgan fingerprint density at radius 3 is 0.947 bits per heavy atom. The van der Waals surface area contributed by atoms with Crippen LogP contribution in [-0.4, -0.2) is 60.3 Å². The van der Waals surface area contributed by atoms with Crippen LogP contribution in [0.4, 0.5) is 0 Å². The van der Waals surface area contributed by atoms with Gasteiger partial charge in [-0.05, 0) is 25.7 Å². The van der Waals surface area contributed by atoms with Gasteiger partial charge in [-0.3, -0.25) is 0 Å². The molecule has 0 amide bonds. The predicted molar refractivity (Wildman–Crippen MR) is 67.5 cm³/mol. The molecule has 0 aromatic heterocycles. The van der Waals surface area contributed by atoms with E-state index in [0.29, 0.717) is 0 Å². The van der Waals surface area contributed by atoms with Gasteiger partial charge in [0.1, 0.15) is 0 Å². The van der Waals surface area contributed by atoms with Crippen molar-refractivity contribution >= 4 is 0 Å². The molecule has 2 rings (SSSR count). The zero-order valence-corrected chi connectivity index (χ0v) is 16.6. The molecule has 116 valence electrons. The van der Waals surface area contributed by atoms with Gasteiger partial charge in [-0.25, -0.2) is 0 Å².